The maximum Gasteiger partial charge on any atom is 0.452 e. The van der Waals surface area contributed by atoms with Crippen LogP contribution in [0.15, 0.2) is 79.0 Å². The van der Waals surface area contributed by atoms with Crippen molar-refractivity contribution in [1.29, 1.82) is 0 Å². The summed E-state index contributed by atoms with van der Waals surface area (Å²) in [6.07, 6.45) is -3.17. The van der Waals surface area contributed by atoms with Gasteiger partial charge in [-0.25, -0.2) is 0 Å². The van der Waals surface area contributed by atoms with Crippen LogP contribution in [0.25, 0.3) is 0 Å². The SMILES string of the molecule is CC(C)[C@H](NC(=O)C(NC(=O)CCc1cccc(Cl)c1)c1ccccc1)C(=O)C(F)(F)F.NC(=O)c1ccccn1. The number of benzene rings is 2. The minimum Gasteiger partial charge on any atom is -0.364 e. The average molecular weight is 591 g/mol. The summed E-state index contributed by atoms with van der Waals surface area (Å²) in [5.41, 5.74) is 6.42. The summed E-state index contributed by atoms with van der Waals surface area (Å²) in [6, 6.07) is 17.1. The summed E-state index contributed by atoms with van der Waals surface area (Å²) in [7, 11) is 0. The van der Waals surface area contributed by atoms with Crippen LogP contribution < -0.4 is 16.4 Å². The molecule has 0 aliphatic heterocycles. The molecule has 0 aliphatic carbocycles. The Balaban J connectivity index is 0.000000553. The van der Waals surface area contributed by atoms with Crippen molar-refractivity contribution < 1.29 is 32.3 Å². The Labute approximate surface area is 240 Å². The third kappa shape index (κ3) is 11.0. The van der Waals surface area contributed by atoms with Crippen molar-refractivity contribution in [3.63, 3.8) is 0 Å². The molecule has 0 radical (unpaired) electrons. The fourth-order valence-corrected chi connectivity index (χ4v) is 3.80. The quantitative estimate of drug-likeness (QED) is 0.318. The van der Waals surface area contributed by atoms with Gasteiger partial charge in [0.25, 0.3) is 11.7 Å². The van der Waals surface area contributed by atoms with Gasteiger partial charge in [0.2, 0.25) is 11.8 Å². The van der Waals surface area contributed by atoms with Crippen LogP contribution in [-0.4, -0.2) is 40.7 Å². The Hall–Kier alpha value is -4.25. The fraction of sp³-hybridized carbons (Fsp3) is 0.276. The highest BCUT2D eigenvalue weighted by Gasteiger charge is 2.45. The van der Waals surface area contributed by atoms with Gasteiger partial charge in [-0.05, 0) is 47.7 Å². The molecule has 0 saturated carbocycles. The lowest BCUT2D eigenvalue weighted by Crippen LogP contribution is -2.52. The van der Waals surface area contributed by atoms with Gasteiger partial charge in [-0.3, -0.25) is 24.2 Å². The molecule has 2 atom stereocenters. The molecule has 0 spiro atoms. The van der Waals surface area contributed by atoms with Gasteiger partial charge in [0, 0.05) is 17.6 Å². The lowest BCUT2D eigenvalue weighted by Gasteiger charge is -2.26. The van der Waals surface area contributed by atoms with Crippen LogP contribution in [-0.2, 0) is 20.8 Å². The van der Waals surface area contributed by atoms with Gasteiger partial charge in [0.15, 0.2) is 0 Å². The summed E-state index contributed by atoms with van der Waals surface area (Å²) in [4.78, 5) is 51.2. The van der Waals surface area contributed by atoms with E-state index in [0.29, 0.717) is 22.7 Å². The van der Waals surface area contributed by atoms with Crippen LogP contribution in [0, 0.1) is 5.92 Å². The number of ketones is 1. The monoisotopic (exact) mass is 590 g/mol. The maximum atomic E-state index is 13.0. The normalized spacial score (nSPS) is 12.4. The molecule has 218 valence electrons. The third-order valence-corrected chi connectivity index (χ3v) is 5.91. The van der Waals surface area contributed by atoms with Gasteiger partial charge in [-0.15, -0.1) is 0 Å². The molecular weight excluding hydrogens is 561 g/mol. The zero-order valence-electron chi connectivity index (χ0n) is 22.3. The molecular formula is C29H30ClF3N4O4. The summed E-state index contributed by atoms with van der Waals surface area (Å²) in [6.45, 7) is 2.80. The Morgan fingerprint density at radius 3 is 2.10 bits per heavy atom. The second kappa shape index (κ2) is 15.5. The van der Waals surface area contributed by atoms with Crippen LogP contribution in [0.1, 0.15) is 47.9 Å². The number of halogens is 4. The van der Waals surface area contributed by atoms with E-state index in [4.69, 9.17) is 17.3 Å². The summed E-state index contributed by atoms with van der Waals surface area (Å²) in [5, 5.41) is 5.26. The Morgan fingerprint density at radius 1 is 0.927 bits per heavy atom. The second-order valence-electron chi connectivity index (χ2n) is 9.21. The van der Waals surface area contributed by atoms with E-state index in [0.717, 1.165) is 5.56 Å². The van der Waals surface area contributed by atoms with Gasteiger partial charge in [0.05, 0.1) is 6.04 Å². The first kappa shape index (κ1) is 33.0. The summed E-state index contributed by atoms with van der Waals surface area (Å²) < 4.78 is 38.9. The Kier molecular flexibility index (Phi) is 12.5. The van der Waals surface area contributed by atoms with Crippen LogP contribution in [0.3, 0.4) is 0 Å². The average Bonchev–Trinajstić information content (AvgIpc) is 2.93. The topological polar surface area (TPSA) is 131 Å². The van der Waals surface area contributed by atoms with E-state index in [1.54, 1.807) is 72.8 Å². The zero-order valence-corrected chi connectivity index (χ0v) is 23.1. The van der Waals surface area contributed by atoms with Crippen molar-refractivity contribution in [3.8, 4) is 0 Å². The molecule has 1 aromatic heterocycles. The molecule has 0 saturated heterocycles. The van der Waals surface area contributed by atoms with Crippen molar-refractivity contribution in [2.24, 2.45) is 11.7 Å². The maximum absolute atomic E-state index is 13.0. The largest absolute Gasteiger partial charge is 0.452 e. The number of nitrogens with zero attached hydrogens (tertiary/aromatic N) is 1. The van der Waals surface area contributed by atoms with Crippen LogP contribution in [0.4, 0.5) is 13.2 Å². The highest BCUT2D eigenvalue weighted by molar-refractivity contribution is 6.30. The van der Waals surface area contributed by atoms with Crippen molar-refractivity contribution in [2.75, 3.05) is 0 Å². The highest BCUT2D eigenvalue weighted by Crippen LogP contribution is 2.22. The van der Waals surface area contributed by atoms with Gasteiger partial charge < -0.3 is 16.4 Å². The predicted molar refractivity (Wildman–Crippen MR) is 148 cm³/mol. The molecule has 3 rings (SSSR count). The second-order valence-corrected chi connectivity index (χ2v) is 9.65. The highest BCUT2D eigenvalue weighted by atomic mass is 35.5. The number of aromatic nitrogens is 1. The van der Waals surface area contributed by atoms with E-state index in [9.17, 15) is 32.3 Å². The first-order valence-electron chi connectivity index (χ1n) is 12.5. The number of nitrogens with one attached hydrogen (secondary N) is 2. The lowest BCUT2D eigenvalue weighted by molar-refractivity contribution is -0.175. The molecule has 3 aromatic rings. The van der Waals surface area contributed by atoms with Crippen LogP contribution >= 0.6 is 11.6 Å². The molecule has 3 amide bonds. The number of Topliss-reactive ketones (excluding diaryl/α,β-unsaturated/α-hetero) is 1. The standard InChI is InChI=1S/C23H24ClF3N2O3.C6H6N2O/c1-14(2)19(21(31)23(25,26)27)29-22(32)20(16-8-4-3-5-9-16)28-18(30)12-11-15-7-6-10-17(24)13-15;7-6(9)5-3-1-2-4-8-5/h3-10,13-14,19-20H,11-12H2,1-2H3,(H,28,30)(H,29,32);1-4H,(H2,7,9)/t19-,20?;/m0./s1. The number of aryl methyl sites for hydroxylation is 1. The molecule has 1 unspecified atom stereocenters. The van der Waals surface area contributed by atoms with Gasteiger partial charge in [-0.2, -0.15) is 13.2 Å². The number of rotatable bonds is 10. The summed E-state index contributed by atoms with van der Waals surface area (Å²) >= 11 is 5.94. The smallest absolute Gasteiger partial charge is 0.364 e. The van der Waals surface area contributed by atoms with Gasteiger partial charge in [-0.1, -0.05) is 74.0 Å². The minimum absolute atomic E-state index is 0.0338. The number of amides is 3. The number of carbonyl (C=O) groups is 4. The molecule has 1 heterocycles. The molecule has 0 fully saturated rings. The van der Waals surface area contributed by atoms with Gasteiger partial charge >= 0.3 is 6.18 Å². The minimum atomic E-state index is -5.09. The number of alkyl halides is 3. The number of hydrogen-bond acceptors (Lipinski definition) is 5. The zero-order chi connectivity index (χ0) is 30.6. The van der Waals surface area contributed by atoms with E-state index >= 15 is 0 Å². The van der Waals surface area contributed by atoms with E-state index in [1.807, 2.05) is 0 Å². The Bertz CT molecular complexity index is 1320. The van der Waals surface area contributed by atoms with Crippen molar-refractivity contribution in [2.45, 2.75) is 44.9 Å². The van der Waals surface area contributed by atoms with E-state index in [1.165, 1.54) is 20.0 Å². The first-order chi connectivity index (χ1) is 19.3. The van der Waals surface area contributed by atoms with Crippen molar-refractivity contribution in [1.82, 2.24) is 15.6 Å². The lowest BCUT2D eigenvalue weighted by atomic mass is 9.98. The molecule has 8 nitrogen and oxygen atoms in total. The molecule has 0 aliphatic rings. The molecule has 0 bridgehead atoms. The number of primary amides is 1. The van der Waals surface area contributed by atoms with Crippen molar-refractivity contribution >= 4 is 35.1 Å². The number of pyridine rings is 1. The summed E-state index contributed by atoms with van der Waals surface area (Å²) in [5.74, 6) is -4.71. The first-order valence-corrected chi connectivity index (χ1v) is 12.9. The van der Waals surface area contributed by atoms with E-state index in [2.05, 4.69) is 15.6 Å². The van der Waals surface area contributed by atoms with E-state index < -0.39 is 47.7 Å². The van der Waals surface area contributed by atoms with Gasteiger partial charge in [0.1, 0.15) is 11.7 Å². The van der Waals surface area contributed by atoms with Crippen molar-refractivity contribution in [3.05, 3.63) is 101 Å². The predicted octanol–water partition coefficient (Wildman–Crippen LogP) is 4.58. The van der Waals surface area contributed by atoms with Crippen LogP contribution in [0.5, 0.6) is 0 Å². The fourth-order valence-electron chi connectivity index (χ4n) is 3.59. The Morgan fingerprint density at radius 2 is 1.59 bits per heavy atom. The van der Waals surface area contributed by atoms with Crippen LogP contribution in [0.2, 0.25) is 5.02 Å². The van der Waals surface area contributed by atoms with E-state index in [-0.39, 0.29) is 6.42 Å². The molecule has 41 heavy (non-hydrogen) atoms. The molecule has 12 heteroatoms. The molecule has 4 N–H and O–H groups in total. The number of hydrogen-bond donors (Lipinski definition) is 3. The number of carbonyl (C=O) groups excluding carboxylic acids is 4. The number of nitrogens with two attached hydrogens (primary N) is 1. The third-order valence-electron chi connectivity index (χ3n) is 5.67. The molecule has 2 aromatic carbocycles.